The van der Waals surface area contributed by atoms with E-state index in [0.717, 1.165) is 17.0 Å². The first-order valence-corrected chi connectivity index (χ1v) is 8.19. The number of nitrogens with zero attached hydrogens (tertiary/aromatic N) is 2. The third kappa shape index (κ3) is 2.75. The molecule has 0 saturated heterocycles. The average Bonchev–Trinajstić information content (AvgIpc) is 3.31. The molecule has 0 spiro atoms. The molecule has 0 bridgehead atoms. The Balaban J connectivity index is 1.90. The number of hydrogen-bond acceptors (Lipinski definition) is 5. The molecule has 1 unspecified atom stereocenters. The van der Waals surface area contributed by atoms with Crippen LogP contribution in [0.25, 0.3) is 0 Å². The Morgan fingerprint density at radius 3 is 2.64 bits per heavy atom. The van der Waals surface area contributed by atoms with Gasteiger partial charge in [-0.1, -0.05) is 6.07 Å². The fourth-order valence-corrected chi connectivity index (χ4v) is 3.16. The Hall–Kier alpha value is -3.81. The number of carbonyl (C=O) groups excluding carboxylic acids is 2. The minimum atomic E-state index is -1.17. The van der Waals surface area contributed by atoms with Gasteiger partial charge < -0.3 is 9.52 Å². The van der Waals surface area contributed by atoms with Crippen LogP contribution in [0.1, 0.15) is 22.2 Å². The molecule has 3 heterocycles. The molecule has 1 atom stereocenters. The molecule has 28 heavy (non-hydrogen) atoms. The standard InChI is InChI=1S/C20H12F2N2O4/c21-12-5-6-14(13(22)9-12)24-17(11-3-1-7-23-10-11)16(19(26)20(24)27)18(25)15-4-2-8-28-15/h1-10,17,26H. The van der Waals surface area contributed by atoms with E-state index in [0.29, 0.717) is 11.6 Å². The van der Waals surface area contributed by atoms with Gasteiger partial charge in [0.1, 0.15) is 11.6 Å². The lowest BCUT2D eigenvalue weighted by molar-refractivity contribution is -0.117. The van der Waals surface area contributed by atoms with Gasteiger partial charge in [-0.25, -0.2) is 8.78 Å². The number of ketones is 1. The first kappa shape index (κ1) is 17.6. The summed E-state index contributed by atoms with van der Waals surface area (Å²) in [4.78, 5) is 30.5. The van der Waals surface area contributed by atoms with Gasteiger partial charge in [0, 0.05) is 18.5 Å². The first-order valence-electron chi connectivity index (χ1n) is 8.19. The number of furan rings is 1. The molecule has 1 aliphatic rings. The summed E-state index contributed by atoms with van der Waals surface area (Å²) >= 11 is 0. The second-order valence-corrected chi connectivity index (χ2v) is 6.03. The zero-order valence-corrected chi connectivity index (χ0v) is 14.2. The van der Waals surface area contributed by atoms with E-state index in [4.69, 9.17) is 4.42 Å². The summed E-state index contributed by atoms with van der Waals surface area (Å²) in [6, 6.07) is 7.52. The molecule has 3 aromatic rings. The van der Waals surface area contributed by atoms with Gasteiger partial charge in [0.05, 0.1) is 23.6 Å². The largest absolute Gasteiger partial charge is 0.503 e. The normalized spacial score (nSPS) is 16.7. The van der Waals surface area contributed by atoms with Crippen LogP contribution in [0.15, 0.2) is 76.9 Å². The number of amides is 1. The molecule has 0 aliphatic carbocycles. The maximum atomic E-state index is 14.4. The van der Waals surface area contributed by atoms with E-state index in [-0.39, 0.29) is 17.0 Å². The molecule has 4 rings (SSSR count). The van der Waals surface area contributed by atoms with E-state index in [1.807, 2.05) is 0 Å². The van der Waals surface area contributed by atoms with Crippen LogP contribution in [-0.4, -0.2) is 21.8 Å². The molecule has 0 radical (unpaired) electrons. The third-order valence-corrected chi connectivity index (χ3v) is 4.37. The molecule has 6 nitrogen and oxygen atoms in total. The Morgan fingerprint density at radius 1 is 1.18 bits per heavy atom. The number of rotatable bonds is 4. The van der Waals surface area contributed by atoms with Gasteiger partial charge in [-0.05, 0) is 35.9 Å². The van der Waals surface area contributed by atoms with Crippen LogP contribution in [0.4, 0.5) is 14.5 Å². The summed E-state index contributed by atoms with van der Waals surface area (Å²) in [5.41, 5.74) is -0.204. The van der Waals surface area contributed by atoms with Crippen molar-refractivity contribution in [1.82, 2.24) is 4.98 Å². The number of anilines is 1. The quantitative estimate of drug-likeness (QED) is 0.695. The highest BCUT2D eigenvalue weighted by molar-refractivity contribution is 6.20. The lowest BCUT2D eigenvalue weighted by atomic mass is 9.96. The summed E-state index contributed by atoms with van der Waals surface area (Å²) in [5, 5.41) is 10.4. The van der Waals surface area contributed by atoms with E-state index in [1.165, 1.54) is 30.8 Å². The van der Waals surface area contributed by atoms with Crippen LogP contribution < -0.4 is 4.90 Å². The van der Waals surface area contributed by atoms with Crippen LogP contribution >= 0.6 is 0 Å². The van der Waals surface area contributed by atoms with Gasteiger partial charge >= 0.3 is 0 Å². The molecule has 1 aliphatic heterocycles. The van der Waals surface area contributed by atoms with Crippen molar-refractivity contribution in [1.29, 1.82) is 0 Å². The molecule has 1 aromatic carbocycles. The minimum absolute atomic E-state index is 0.0929. The van der Waals surface area contributed by atoms with Gasteiger partial charge in [0.25, 0.3) is 5.91 Å². The second-order valence-electron chi connectivity index (χ2n) is 6.03. The summed E-state index contributed by atoms with van der Waals surface area (Å²) in [6.45, 7) is 0. The molecule has 1 N–H and O–H groups in total. The van der Waals surface area contributed by atoms with Crippen molar-refractivity contribution in [3.63, 3.8) is 0 Å². The van der Waals surface area contributed by atoms with Crippen LogP contribution in [-0.2, 0) is 4.79 Å². The third-order valence-electron chi connectivity index (χ3n) is 4.37. The summed E-state index contributed by atoms with van der Waals surface area (Å²) in [6.07, 6.45) is 4.15. The van der Waals surface area contributed by atoms with Crippen molar-refractivity contribution in [2.24, 2.45) is 0 Å². The zero-order chi connectivity index (χ0) is 19.8. The maximum absolute atomic E-state index is 14.4. The van der Waals surface area contributed by atoms with E-state index in [9.17, 15) is 23.5 Å². The van der Waals surface area contributed by atoms with Gasteiger partial charge in [-0.15, -0.1) is 0 Å². The van der Waals surface area contributed by atoms with Crippen molar-refractivity contribution in [2.75, 3.05) is 4.90 Å². The number of aromatic nitrogens is 1. The lowest BCUT2D eigenvalue weighted by Gasteiger charge is -2.26. The monoisotopic (exact) mass is 382 g/mol. The van der Waals surface area contributed by atoms with Gasteiger partial charge in [-0.2, -0.15) is 0 Å². The highest BCUT2D eigenvalue weighted by Crippen LogP contribution is 2.42. The average molecular weight is 382 g/mol. The van der Waals surface area contributed by atoms with Crippen molar-refractivity contribution in [3.05, 3.63) is 95.4 Å². The van der Waals surface area contributed by atoms with Gasteiger partial charge in [0.2, 0.25) is 5.78 Å². The number of benzene rings is 1. The number of halogens is 2. The molecule has 8 heteroatoms. The summed E-state index contributed by atoms with van der Waals surface area (Å²) < 4.78 is 32.9. The number of hydrogen-bond donors (Lipinski definition) is 1. The number of pyridine rings is 1. The highest BCUT2D eigenvalue weighted by atomic mass is 19.1. The van der Waals surface area contributed by atoms with E-state index in [2.05, 4.69) is 4.98 Å². The second kappa shape index (κ2) is 6.73. The van der Waals surface area contributed by atoms with Crippen LogP contribution in [0.2, 0.25) is 0 Å². The lowest BCUT2D eigenvalue weighted by Crippen LogP contribution is -2.31. The predicted molar refractivity (Wildman–Crippen MR) is 93.5 cm³/mol. The topological polar surface area (TPSA) is 83.6 Å². The molecule has 0 fully saturated rings. The molecule has 140 valence electrons. The molecule has 0 saturated carbocycles. The van der Waals surface area contributed by atoms with Crippen molar-refractivity contribution < 1.29 is 27.9 Å². The zero-order valence-electron chi connectivity index (χ0n) is 14.2. The number of Topliss-reactive ketones (excluding diaryl/α,β-unsaturated/α-hetero) is 1. The number of aliphatic hydroxyl groups excluding tert-OH is 1. The van der Waals surface area contributed by atoms with E-state index in [1.54, 1.807) is 12.1 Å². The van der Waals surface area contributed by atoms with Crippen molar-refractivity contribution in [3.8, 4) is 0 Å². The minimum Gasteiger partial charge on any atom is -0.503 e. The highest BCUT2D eigenvalue weighted by Gasteiger charge is 2.46. The summed E-state index contributed by atoms with van der Waals surface area (Å²) in [7, 11) is 0. The van der Waals surface area contributed by atoms with E-state index >= 15 is 0 Å². The van der Waals surface area contributed by atoms with Gasteiger partial charge in [0.15, 0.2) is 11.5 Å². The molecular weight excluding hydrogens is 370 g/mol. The van der Waals surface area contributed by atoms with Crippen LogP contribution in [0.3, 0.4) is 0 Å². The Bertz CT molecular complexity index is 1090. The SMILES string of the molecule is O=C(C1=C(O)C(=O)N(c2ccc(F)cc2F)C1c1cccnc1)c1ccco1. The predicted octanol–water partition coefficient (Wildman–Crippen LogP) is 3.74. The fourth-order valence-electron chi connectivity index (χ4n) is 3.16. The molecular formula is C20H12F2N2O4. The molecule has 2 aromatic heterocycles. The Labute approximate surface area is 157 Å². The summed E-state index contributed by atoms with van der Waals surface area (Å²) in [5.74, 6) is -4.48. The smallest absolute Gasteiger partial charge is 0.294 e. The van der Waals surface area contributed by atoms with Crippen LogP contribution in [0, 0.1) is 11.6 Å². The van der Waals surface area contributed by atoms with Crippen LogP contribution in [0.5, 0.6) is 0 Å². The Kier molecular flexibility index (Phi) is 4.23. The van der Waals surface area contributed by atoms with Crippen molar-refractivity contribution >= 4 is 17.4 Å². The fraction of sp³-hybridized carbons (Fsp3) is 0.0500. The molecule has 1 amide bonds. The van der Waals surface area contributed by atoms with Crippen molar-refractivity contribution in [2.45, 2.75) is 6.04 Å². The Morgan fingerprint density at radius 2 is 2.00 bits per heavy atom. The maximum Gasteiger partial charge on any atom is 0.294 e. The van der Waals surface area contributed by atoms with E-state index < -0.39 is 35.1 Å². The first-order chi connectivity index (χ1) is 13.5. The number of aliphatic hydroxyl groups is 1. The number of carbonyl (C=O) groups is 2. The van der Waals surface area contributed by atoms with Gasteiger partial charge in [-0.3, -0.25) is 19.5 Å².